The van der Waals surface area contributed by atoms with Gasteiger partial charge in [-0.1, -0.05) is 50.6 Å². The SMILES string of the molecule is COc1ccc(-c2ccccc2)c(NC(=O)c2csc(C3CCN(C(=O)CCCC(C)C)CC3)n2)c1. The minimum absolute atomic E-state index is 0.235. The Morgan fingerprint density at radius 2 is 1.89 bits per heavy atom. The number of likely N-dealkylation sites (tertiary alicyclic amines) is 1. The number of amides is 2. The maximum Gasteiger partial charge on any atom is 0.275 e. The molecule has 2 aromatic carbocycles. The number of piperidine rings is 1. The van der Waals surface area contributed by atoms with E-state index in [9.17, 15) is 9.59 Å². The summed E-state index contributed by atoms with van der Waals surface area (Å²) >= 11 is 1.53. The molecule has 3 aromatic rings. The van der Waals surface area contributed by atoms with Gasteiger partial charge in [-0.15, -0.1) is 11.3 Å². The average Bonchev–Trinajstić information content (AvgIpc) is 3.39. The smallest absolute Gasteiger partial charge is 0.275 e. The van der Waals surface area contributed by atoms with E-state index >= 15 is 0 Å². The van der Waals surface area contributed by atoms with Crippen molar-refractivity contribution in [1.82, 2.24) is 9.88 Å². The van der Waals surface area contributed by atoms with E-state index in [0.717, 1.165) is 54.9 Å². The lowest BCUT2D eigenvalue weighted by Gasteiger charge is -2.31. The highest BCUT2D eigenvalue weighted by molar-refractivity contribution is 7.10. The van der Waals surface area contributed by atoms with Crippen molar-refractivity contribution < 1.29 is 14.3 Å². The monoisotopic (exact) mass is 505 g/mol. The second-order valence-corrected chi connectivity index (χ2v) is 10.6. The van der Waals surface area contributed by atoms with Crippen LogP contribution >= 0.6 is 11.3 Å². The minimum atomic E-state index is -0.235. The van der Waals surface area contributed by atoms with Gasteiger partial charge in [0.2, 0.25) is 5.91 Å². The van der Waals surface area contributed by atoms with Crippen molar-refractivity contribution in [3.8, 4) is 16.9 Å². The number of nitrogens with one attached hydrogen (secondary N) is 1. The number of carbonyl (C=O) groups is 2. The summed E-state index contributed by atoms with van der Waals surface area (Å²) < 4.78 is 5.38. The van der Waals surface area contributed by atoms with E-state index in [2.05, 4.69) is 24.1 Å². The molecule has 1 aliphatic heterocycles. The highest BCUT2D eigenvalue weighted by Gasteiger charge is 2.26. The standard InChI is InChI=1S/C29H35N3O3S/c1-20(2)8-7-11-27(33)32-16-14-22(15-17-32)29-31-26(19-36-29)28(34)30-25-18-23(35-3)12-13-24(25)21-9-5-4-6-10-21/h4-6,9-10,12-13,18-20,22H,7-8,11,14-17H2,1-3H3,(H,30,34). The molecule has 6 nitrogen and oxygen atoms in total. The molecule has 0 saturated carbocycles. The number of methoxy groups -OCH3 is 1. The molecule has 1 fully saturated rings. The predicted molar refractivity (Wildman–Crippen MR) is 146 cm³/mol. The van der Waals surface area contributed by atoms with Gasteiger partial charge in [0, 0.05) is 42.4 Å². The number of hydrogen-bond donors (Lipinski definition) is 1. The Morgan fingerprint density at radius 1 is 1.14 bits per heavy atom. The van der Waals surface area contributed by atoms with E-state index in [1.807, 2.05) is 58.8 Å². The van der Waals surface area contributed by atoms with Crippen molar-refractivity contribution >= 4 is 28.8 Å². The Morgan fingerprint density at radius 3 is 2.58 bits per heavy atom. The third-order valence-corrected chi connectivity index (χ3v) is 7.69. The normalized spacial score (nSPS) is 14.2. The van der Waals surface area contributed by atoms with E-state index in [-0.39, 0.29) is 17.7 Å². The molecule has 1 aromatic heterocycles. The Hall–Kier alpha value is -3.19. The zero-order valence-corrected chi connectivity index (χ0v) is 22.1. The lowest BCUT2D eigenvalue weighted by Crippen LogP contribution is -2.37. The number of aromatic nitrogens is 1. The summed E-state index contributed by atoms with van der Waals surface area (Å²) in [6.07, 6.45) is 4.46. The number of thiazole rings is 1. The third kappa shape index (κ3) is 6.52. The van der Waals surface area contributed by atoms with Crippen LogP contribution in [0.3, 0.4) is 0 Å². The van der Waals surface area contributed by atoms with Gasteiger partial charge in [0.1, 0.15) is 11.4 Å². The van der Waals surface area contributed by atoms with Gasteiger partial charge < -0.3 is 15.0 Å². The quantitative estimate of drug-likeness (QED) is 0.355. The first-order chi connectivity index (χ1) is 17.4. The van der Waals surface area contributed by atoms with Crippen molar-refractivity contribution in [2.75, 3.05) is 25.5 Å². The lowest BCUT2D eigenvalue weighted by molar-refractivity contribution is -0.132. The molecule has 190 valence electrons. The fourth-order valence-electron chi connectivity index (χ4n) is 4.58. The van der Waals surface area contributed by atoms with Crippen LogP contribution in [0.15, 0.2) is 53.9 Å². The van der Waals surface area contributed by atoms with Gasteiger partial charge in [-0.2, -0.15) is 0 Å². The summed E-state index contributed by atoms with van der Waals surface area (Å²) in [5, 5.41) is 5.84. The molecule has 0 spiro atoms. The van der Waals surface area contributed by atoms with Gasteiger partial charge in [0.05, 0.1) is 17.8 Å². The molecule has 7 heteroatoms. The number of ether oxygens (including phenoxy) is 1. The van der Waals surface area contributed by atoms with Crippen molar-refractivity contribution in [2.45, 2.75) is 51.9 Å². The van der Waals surface area contributed by atoms with Crippen LogP contribution in [0.2, 0.25) is 0 Å². The van der Waals surface area contributed by atoms with Crippen molar-refractivity contribution in [3.63, 3.8) is 0 Å². The molecule has 0 atom stereocenters. The maximum absolute atomic E-state index is 13.1. The van der Waals surface area contributed by atoms with Crippen molar-refractivity contribution in [2.24, 2.45) is 5.92 Å². The number of rotatable bonds is 9. The Balaban J connectivity index is 1.38. The summed E-state index contributed by atoms with van der Waals surface area (Å²) in [6, 6.07) is 15.6. The van der Waals surface area contributed by atoms with Crippen LogP contribution in [-0.4, -0.2) is 41.9 Å². The summed E-state index contributed by atoms with van der Waals surface area (Å²) in [7, 11) is 1.61. The molecule has 2 heterocycles. The van der Waals surface area contributed by atoms with Crippen LogP contribution in [0.1, 0.15) is 67.4 Å². The van der Waals surface area contributed by atoms with Crippen LogP contribution < -0.4 is 10.1 Å². The number of benzene rings is 2. The van der Waals surface area contributed by atoms with E-state index in [0.29, 0.717) is 29.5 Å². The lowest BCUT2D eigenvalue weighted by atomic mass is 9.97. The maximum atomic E-state index is 13.1. The molecule has 1 aliphatic rings. The molecule has 0 bridgehead atoms. The molecule has 0 radical (unpaired) electrons. The van der Waals surface area contributed by atoms with Crippen molar-refractivity contribution in [3.05, 3.63) is 64.6 Å². The Kier molecular flexibility index (Phi) is 8.75. The Bertz CT molecular complexity index is 1170. The third-order valence-electron chi connectivity index (χ3n) is 6.68. The fraction of sp³-hybridized carbons (Fsp3) is 0.414. The van der Waals surface area contributed by atoms with Gasteiger partial charge >= 0.3 is 0 Å². The number of nitrogens with zero attached hydrogens (tertiary/aromatic N) is 2. The van der Waals surface area contributed by atoms with Crippen molar-refractivity contribution in [1.29, 1.82) is 0 Å². The zero-order chi connectivity index (χ0) is 25.5. The summed E-state index contributed by atoms with van der Waals surface area (Å²) in [6.45, 7) is 5.90. The predicted octanol–water partition coefficient (Wildman–Crippen LogP) is 6.60. The average molecular weight is 506 g/mol. The second kappa shape index (κ2) is 12.2. The first-order valence-corrected chi connectivity index (χ1v) is 13.6. The summed E-state index contributed by atoms with van der Waals surface area (Å²) in [5.74, 6) is 1.62. The summed E-state index contributed by atoms with van der Waals surface area (Å²) in [4.78, 5) is 32.3. The largest absolute Gasteiger partial charge is 0.497 e. The first kappa shape index (κ1) is 25.9. The first-order valence-electron chi connectivity index (χ1n) is 12.7. The molecule has 1 N–H and O–H groups in total. The van der Waals surface area contributed by atoms with Gasteiger partial charge in [-0.3, -0.25) is 9.59 Å². The topological polar surface area (TPSA) is 71.5 Å². The number of carbonyl (C=O) groups excluding carboxylic acids is 2. The van der Waals surface area contributed by atoms with E-state index < -0.39 is 0 Å². The number of anilines is 1. The molecule has 0 unspecified atom stereocenters. The molecular weight excluding hydrogens is 470 g/mol. The van der Waals surface area contributed by atoms with Crippen LogP contribution in [0.25, 0.3) is 11.1 Å². The van der Waals surface area contributed by atoms with Gasteiger partial charge in [0.25, 0.3) is 5.91 Å². The minimum Gasteiger partial charge on any atom is -0.497 e. The van der Waals surface area contributed by atoms with Crippen LogP contribution in [0, 0.1) is 5.92 Å². The molecule has 1 saturated heterocycles. The van der Waals surface area contributed by atoms with E-state index in [1.54, 1.807) is 7.11 Å². The molecule has 0 aliphatic carbocycles. The van der Waals surface area contributed by atoms with Gasteiger partial charge in [0.15, 0.2) is 0 Å². The van der Waals surface area contributed by atoms with E-state index in [4.69, 9.17) is 4.74 Å². The van der Waals surface area contributed by atoms with Crippen LogP contribution in [0.5, 0.6) is 5.75 Å². The molecule has 36 heavy (non-hydrogen) atoms. The Labute approximate surface area is 217 Å². The molecular formula is C29H35N3O3S. The fourth-order valence-corrected chi connectivity index (χ4v) is 5.56. The molecule has 2 amide bonds. The van der Waals surface area contributed by atoms with Gasteiger partial charge in [-0.05, 0) is 42.9 Å². The summed E-state index contributed by atoms with van der Waals surface area (Å²) in [5.41, 5.74) is 3.04. The number of hydrogen-bond acceptors (Lipinski definition) is 5. The zero-order valence-electron chi connectivity index (χ0n) is 21.3. The second-order valence-electron chi connectivity index (χ2n) is 9.74. The highest BCUT2D eigenvalue weighted by Crippen LogP contribution is 2.33. The van der Waals surface area contributed by atoms with E-state index in [1.165, 1.54) is 11.3 Å². The van der Waals surface area contributed by atoms with Gasteiger partial charge in [-0.25, -0.2) is 4.98 Å². The highest BCUT2D eigenvalue weighted by atomic mass is 32.1. The van der Waals surface area contributed by atoms with Crippen LogP contribution in [0.4, 0.5) is 5.69 Å². The molecule has 4 rings (SSSR count). The van der Waals surface area contributed by atoms with Crippen LogP contribution in [-0.2, 0) is 4.79 Å².